The summed E-state index contributed by atoms with van der Waals surface area (Å²) in [5.41, 5.74) is -0.183. The van der Waals surface area contributed by atoms with E-state index in [-0.39, 0.29) is 0 Å². The van der Waals surface area contributed by atoms with Gasteiger partial charge in [0.2, 0.25) is 0 Å². The molecule has 0 aliphatic heterocycles. The highest BCUT2D eigenvalue weighted by atomic mass is 35.5. The van der Waals surface area contributed by atoms with Crippen molar-refractivity contribution in [3.63, 3.8) is 0 Å². The first-order valence-corrected chi connectivity index (χ1v) is 6.61. The molecule has 1 N–H and O–H groups in total. The molecule has 1 saturated carbocycles. The van der Waals surface area contributed by atoms with Crippen molar-refractivity contribution in [3.8, 4) is 0 Å². The zero-order valence-corrected chi connectivity index (χ0v) is 11.3. The number of rotatable bonds is 4. The van der Waals surface area contributed by atoms with Gasteiger partial charge in [-0.3, -0.25) is 0 Å². The number of benzene rings is 1. The van der Waals surface area contributed by atoms with E-state index in [4.69, 9.17) is 11.6 Å². The Bertz CT molecular complexity index is 551. The van der Waals surface area contributed by atoms with Gasteiger partial charge in [0.15, 0.2) is 0 Å². The number of aromatic nitrogens is 4. The van der Waals surface area contributed by atoms with Crippen molar-refractivity contribution in [1.29, 1.82) is 0 Å². The Morgan fingerprint density at radius 2 is 2.05 bits per heavy atom. The quantitative estimate of drug-likeness (QED) is 0.866. The molecule has 0 spiro atoms. The van der Waals surface area contributed by atoms with E-state index < -0.39 is 16.5 Å². The predicted molar refractivity (Wildman–Crippen MR) is 70.8 cm³/mol. The van der Waals surface area contributed by atoms with Crippen LogP contribution in [0.4, 0.5) is 0 Å². The summed E-state index contributed by atoms with van der Waals surface area (Å²) < 4.78 is 1.57. The molecule has 3 rings (SSSR count). The minimum Gasteiger partial charge on any atom is -0.386 e. The van der Waals surface area contributed by atoms with Crippen molar-refractivity contribution < 1.29 is 5.11 Å². The van der Waals surface area contributed by atoms with Crippen molar-refractivity contribution >= 4 is 11.6 Å². The molecule has 1 heterocycles. The van der Waals surface area contributed by atoms with Gasteiger partial charge in [-0.05, 0) is 35.8 Å². The van der Waals surface area contributed by atoms with Crippen molar-refractivity contribution in [1.82, 2.24) is 20.2 Å². The summed E-state index contributed by atoms with van der Waals surface area (Å²) in [5, 5.41) is 22.2. The summed E-state index contributed by atoms with van der Waals surface area (Å²) >= 11 is 6.47. The van der Waals surface area contributed by atoms with Gasteiger partial charge >= 0.3 is 0 Å². The monoisotopic (exact) mass is 278 g/mol. The van der Waals surface area contributed by atoms with E-state index in [1.807, 2.05) is 30.3 Å². The normalized spacial score (nSPS) is 21.6. The molecule has 0 bridgehead atoms. The van der Waals surface area contributed by atoms with Crippen LogP contribution in [0.3, 0.4) is 0 Å². The lowest BCUT2D eigenvalue weighted by atomic mass is 9.85. The van der Waals surface area contributed by atoms with E-state index in [1.165, 1.54) is 6.33 Å². The highest BCUT2D eigenvalue weighted by molar-refractivity contribution is 6.26. The maximum absolute atomic E-state index is 11.0. The molecule has 100 valence electrons. The van der Waals surface area contributed by atoms with Crippen LogP contribution in [0, 0.1) is 0 Å². The zero-order valence-electron chi connectivity index (χ0n) is 10.6. The number of tetrazole rings is 1. The molecule has 1 aromatic heterocycles. The van der Waals surface area contributed by atoms with Crippen LogP contribution in [0.2, 0.25) is 0 Å². The Balaban J connectivity index is 2.08. The molecule has 0 radical (unpaired) electrons. The van der Waals surface area contributed by atoms with Gasteiger partial charge in [0.1, 0.15) is 18.0 Å². The minimum absolute atomic E-state index is 0.399. The largest absolute Gasteiger partial charge is 0.386 e. The molecule has 2 atom stereocenters. The summed E-state index contributed by atoms with van der Waals surface area (Å²) in [6.45, 7) is 1.76. The summed E-state index contributed by atoms with van der Waals surface area (Å²) in [6, 6.07) is 9.28. The third-order valence-corrected chi connectivity index (χ3v) is 4.63. The van der Waals surface area contributed by atoms with E-state index in [1.54, 1.807) is 11.6 Å². The third kappa shape index (κ3) is 2.03. The second-order valence-corrected chi connectivity index (χ2v) is 5.94. The molecule has 2 unspecified atom stereocenters. The standard InChI is InChI=1S/C13H15ClN4O/c1-12(19,13(14)7-8-13)11(18-9-15-16-17-18)10-5-3-2-4-6-10/h2-6,9,11,19H,7-8H2,1H3. The summed E-state index contributed by atoms with van der Waals surface area (Å²) in [7, 11) is 0. The number of hydrogen-bond acceptors (Lipinski definition) is 4. The van der Waals surface area contributed by atoms with Crippen molar-refractivity contribution in [2.75, 3.05) is 0 Å². The molecule has 6 heteroatoms. The van der Waals surface area contributed by atoms with Crippen LogP contribution in [-0.4, -0.2) is 35.8 Å². The van der Waals surface area contributed by atoms with Crippen molar-refractivity contribution in [2.24, 2.45) is 0 Å². The van der Waals surface area contributed by atoms with Gasteiger partial charge in [0.05, 0.1) is 4.87 Å². The van der Waals surface area contributed by atoms with Gasteiger partial charge in [-0.25, -0.2) is 4.68 Å². The number of hydrogen-bond donors (Lipinski definition) is 1. The highest BCUT2D eigenvalue weighted by Gasteiger charge is 2.59. The van der Waals surface area contributed by atoms with Crippen LogP contribution in [0.15, 0.2) is 36.7 Å². The highest BCUT2D eigenvalue weighted by Crippen LogP contribution is 2.55. The number of alkyl halides is 1. The Morgan fingerprint density at radius 1 is 1.37 bits per heavy atom. The van der Waals surface area contributed by atoms with Gasteiger partial charge in [0, 0.05) is 0 Å². The fraction of sp³-hybridized carbons (Fsp3) is 0.462. The number of aliphatic hydroxyl groups is 1. The van der Waals surface area contributed by atoms with Gasteiger partial charge in [-0.15, -0.1) is 16.7 Å². The molecule has 19 heavy (non-hydrogen) atoms. The minimum atomic E-state index is -1.12. The van der Waals surface area contributed by atoms with Gasteiger partial charge in [0.25, 0.3) is 0 Å². The molecule has 1 aromatic carbocycles. The SMILES string of the molecule is CC(O)(C(c1ccccc1)n1cnnn1)C1(Cl)CC1. The summed E-state index contributed by atoms with van der Waals surface area (Å²) in [5.74, 6) is 0. The van der Waals surface area contributed by atoms with E-state index in [2.05, 4.69) is 15.5 Å². The molecule has 0 amide bonds. The van der Waals surface area contributed by atoms with E-state index in [0.29, 0.717) is 0 Å². The summed E-state index contributed by atoms with van der Waals surface area (Å²) in [6.07, 6.45) is 3.11. The molecule has 1 fully saturated rings. The van der Waals surface area contributed by atoms with Crippen LogP contribution >= 0.6 is 11.6 Å². The average molecular weight is 279 g/mol. The first-order chi connectivity index (χ1) is 9.05. The maximum Gasteiger partial charge on any atom is 0.138 e. The Kier molecular flexibility index (Phi) is 2.83. The lowest BCUT2D eigenvalue weighted by molar-refractivity contribution is 0.00384. The molecule has 5 nitrogen and oxygen atoms in total. The Labute approximate surface area is 116 Å². The molecule has 1 aliphatic rings. The van der Waals surface area contributed by atoms with E-state index >= 15 is 0 Å². The third-order valence-electron chi connectivity index (χ3n) is 3.87. The van der Waals surface area contributed by atoms with Crippen molar-refractivity contribution in [2.45, 2.75) is 36.3 Å². The lowest BCUT2D eigenvalue weighted by Crippen LogP contribution is -2.46. The fourth-order valence-electron chi connectivity index (χ4n) is 2.52. The van der Waals surface area contributed by atoms with Gasteiger partial charge < -0.3 is 5.11 Å². The lowest BCUT2D eigenvalue weighted by Gasteiger charge is -2.36. The van der Waals surface area contributed by atoms with E-state index in [9.17, 15) is 5.11 Å². The van der Waals surface area contributed by atoms with Crippen LogP contribution < -0.4 is 0 Å². The second kappa shape index (κ2) is 4.28. The van der Waals surface area contributed by atoms with Crippen molar-refractivity contribution in [3.05, 3.63) is 42.2 Å². The zero-order chi connectivity index (χ0) is 13.5. The van der Waals surface area contributed by atoms with Crippen LogP contribution in [0.25, 0.3) is 0 Å². The van der Waals surface area contributed by atoms with Gasteiger partial charge in [-0.1, -0.05) is 30.3 Å². The van der Waals surface area contributed by atoms with E-state index in [0.717, 1.165) is 18.4 Å². The van der Waals surface area contributed by atoms with Crippen LogP contribution in [-0.2, 0) is 0 Å². The topological polar surface area (TPSA) is 63.8 Å². The van der Waals surface area contributed by atoms with Gasteiger partial charge in [-0.2, -0.15) is 0 Å². The summed E-state index contributed by atoms with van der Waals surface area (Å²) in [4.78, 5) is -0.598. The van der Waals surface area contributed by atoms with Crippen LogP contribution in [0.1, 0.15) is 31.4 Å². The smallest absolute Gasteiger partial charge is 0.138 e. The maximum atomic E-state index is 11.0. The first kappa shape index (κ1) is 12.6. The van der Waals surface area contributed by atoms with Crippen LogP contribution in [0.5, 0.6) is 0 Å². The first-order valence-electron chi connectivity index (χ1n) is 6.23. The Morgan fingerprint density at radius 3 is 2.58 bits per heavy atom. The molecular formula is C13H15ClN4O. The number of nitrogens with zero attached hydrogens (tertiary/aromatic N) is 4. The average Bonchev–Trinajstić information content (AvgIpc) is 2.95. The molecule has 0 saturated heterocycles. The fourth-order valence-corrected chi connectivity index (χ4v) is 2.72. The molecular weight excluding hydrogens is 264 g/mol. The Hall–Kier alpha value is -1.46. The predicted octanol–water partition coefficient (Wildman–Crippen LogP) is 1.78. The molecule has 1 aliphatic carbocycles. The molecule has 2 aromatic rings. The number of halogens is 1. The second-order valence-electron chi connectivity index (χ2n) is 5.22.